The van der Waals surface area contributed by atoms with Crippen molar-refractivity contribution in [3.63, 3.8) is 0 Å². The van der Waals surface area contributed by atoms with Crippen molar-refractivity contribution in [1.29, 1.82) is 0 Å². The molecule has 2 aliphatic rings. The number of carbonyl (C=O) groups is 2. The fourth-order valence-corrected chi connectivity index (χ4v) is 3.82. The largest absolute Gasteiger partial charge is 0.481 e. The van der Waals surface area contributed by atoms with Crippen molar-refractivity contribution >= 4 is 11.9 Å². The van der Waals surface area contributed by atoms with Crippen LogP contribution in [0.2, 0.25) is 0 Å². The topological polar surface area (TPSA) is 80.4 Å². The standard InChI is InChI=1S/C17H21NO3/c18-16(19)13-7-3-11(4-8-13)10-1-5-12(6-2-10)14-9-15(14)17(20)21/h3-4,7-8,10,12,14-15H,1-2,5-6,9H2,(H2,18,19)(H,20,21)/t10?,12?,14-,15+/m0/s1. The number of primary amides is 1. The molecule has 112 valence electrons. The number of hydrogen-bond donors (Lipinski definition) is 2. The van der Waals surface area contributed by atoms with Crippen LogP contribution in [0, 0.1) is 17.8 Å². The molecule has 4 heteroatoms. The van der Waals surface area contributed by atoms with E-state index >= 15 is 0 Å². The number of carbonyl (C=O) groups excluding carboxylic acids is 1. The highest BCUT2D eigenvalue weighted by atomic mass is 16.4. The quantitative estimate of drug-likeness (QED) is 0.893. The lowest BCUT2D eigenvalue weighted by atomic mass is 9.76. The smallest absolute Gasteiger partial charge is 0.306 e. The third-order valence-electron chi connectivity index (χ3n) is 5.20. The predicted octanol–water partition coefficient (Wildman–Crippen LogP) is 2.78. The van der Waals surface area contributed by atoms with Gasteiger partial charge in [-0.1, -0.05) is 12.1 Å². The van der Waals surface area contributed by atoms with Crippen molar-refractivity contribution in [2.75, 3.05) is 0 Å². The molecule has 0 saturated heterocycles. The maximum Gasteiger partial charge on any atom is 0.306 e. The Bertz CT molecular complexity index is 544. The second-order valence-corrected chi connectivity index (χ2v) is 6.44. The number of nitrogens with two attached hydrogens (primary N) is 1. The number of aliphatic carboxylic acids is 1. The van der Waals surface area contributed by atoms with Crippen LogP contribution in [0.4, 0.5) is 0 Å². The molecule has 3 rings (SSSR count). The van der Waals surface area contributed by atoms with Crippen LogP contribution in [-0.4, -0.2) is 17.0 Å². The van der Waals surface area contributed by atoms with Gasteiger partial charge in [0.25, 0.3) is 0 Å². The van der Waals surface area contributed by atoms with Crippen LogP contribution in [0.5, 0.6) is 0 Å². The zero-order valence-corrected chi connectivity index (χ0v) is 12.0. The molecule has 0 aromatic heterocycles. The lowest BCUT2D eigenvalue weighted by molar-refractivity contribution is -0.139. The molecule has 0 radical (unpaired) electrons. The first-order valence-electron chi connectivity index (χ1n) is 7.69. The average molecular weight is 287 g/mol. The summed E-state index contributed by atoms with van der Waals surface area (Å²) in [5.41, 5.74) is 7.07. The summed E-state index contributed by atoms with van der Waals surface area (Å²) in [5, 5.41) is 9.02. The number of benzene rings is 1. The number of hydrogen-bond acceptors (Lipinski definition) is 2. The highest BCUT2D eigenvalue weighted by Gasteiger charge is 2.48. The number of carboxylic acids is 1. The second kappa shape index (κ2) is 5.51. The van der Waals surface area contributed by atoms with E-state index in [-0.39, 0.29) is 5.92 Å². The van der Waals surface area contributed by atoms with Crippen LogP contribution in [0.25, 0.3) is 0 Å². The molecule has 2 saturated carbocycles. The van der Waals surface area contributed by atoms with Gasteiger partial charge in [0.15, 0.2) is 0 Å². The maximum atomic E-state index is 11.1. The summed E-state index contributed by atoms with van der Waals surface area (Å²) in [6.45, 7) is 0. The Balaban J connectivity index is 1.56. The highest BCUT2D eigenvalue weighted by molar-refractivity contribution is 5.92. The van der Waals surface area contributed by atoms with Crippen LogP contribution in [0.1, 0.15) is 53.9 Å². The van der Waals surface area contributed by atoms with Crippen molar-refractivity contribution in [3.05, 3.63) is 35.4 Å². The van der Waals surface area contributed by atoms with Gasteiger partial charge in [-0.25, -0.2) is 0 Å². The van der Waals surface area contributed by atoms with E-state index < -0.39 is 11.9 Å². The van der Waals surface area contributed by atoms with E-state index in [0.717, 1.165) is 32.1 Å². The normalized spacial score (nSPS) is 31.6. The average Bonchev–Trinajstić information content (AvgIpc) is 3.28. The minimum atomic E-state index is -0.621. The Labute approximate surface area is 124 Å². The summed E-state index contributed by atoms with van der Waals surface area (Å²) < 4.78 is 0. The number of amides is 1. The van der Waals surface area contributed by atoms with Crippen molar-refractivity contribution in [2.45, 2.75) is 38.0 Å². The van der Waals surface area contributed by atoms with E-state index in [2.05, 4.69) is 0 Å². The van der Waals surface area contributed by atoms with Gasteiger partial charge in [0.05, 0.1) is 5.92 Å². The SMILES string of the molecule is NC(=O)c1ccc(C2CCC([C@@H]3C[C@H]3C(=O)O)CC2)cc1. The predicted molar refractivity (Wildman–Crippen MR) is 78.9 cm³/mol. The van der Waals surface area contributed by atoms with Gasteiger partial charge in [-0.15, -0.1) is 0 Å². The van der Waals surface area contributed by atoms with Crippen molar-refractivity contribution < 1.29 is 14.7 Å². The van der Waals surface area contributed by atoms with Gasteiger partial charge >= 0.3 is 5.97 Å². The lowest BCUT2D eigenvalue weighted by Gasteiger charge is -2.29. The summed E-state index contributed by atoms with van der Waals surface area (Å²) in [7, 11) is 0. The Morgan fingerprint density at radius 1 is 1.05 bits per heavy atom. The second-order valence-electron chi connectivity index (χ2n) is 6.44. The summed E-state index contributed by atoms with van der Waals surface area (Å²) in [4.78, 5) is 22.0. The van der Waals surface area contributed by atoms with Gasteiger partial charge < -0.3 is 10.8 Å². The zero-order chi connectivity index (χ0) is 15.0. The molecule has 0 unspecified atom stereocenters. The third kappa shape index (κ3) is 2.94. The molecule has 0 bridgehead atoms. The van der Waals surface area contributed by atoms with Gasteiger partial charge in [-0.3, -0.25) is 9.59 Å². The van der Waals surface area contributed by atoms with Gasteiger partial charge in [0, 0.05) is 5.56 Å². The van der Waals surface area contributed by atoms with Crippen LogP contribution < -0.4 is 5.73 Å². The van der Waals surface area contributed by atoms with Gasteiger partial charge in [-0.05, 0) is 67.6 Å². The molecular formula is C17H21NO3. The van der Waals surface area contributed by atoms with E-state index in [1.807, 2.05) is 12.1 Å². The summed E-state index contributed by atoms with van der Waals surface area (Å²) >= 11 is 0. The Kier molecular flexibility index (Phi) is 3.70. The monoisotopic (exact) mass is 287 g/mol. The van der Waals surface area contributed by atoms with E-state index in [1.165, 1.54) is 5.56 Å². The fraction of sp³-hybridized carbons (Fsp3) is 0.529. The molecule has 0 heterocycles. The number of carboxylic acid groups (broad SMARTS) is 1. The lowest BCUT2D eigenvalue weighted by Crippen LogP contribution is -2.17. The van der Waals surface area contributed by atoms with E-state index in [9.17, 15) is 9.59 Å². The minimum Gasteiger partial charge on any atom is -0.481 e. The molecule has 2 atom stereocenters. The van der Waals surface area contributed by atoms with Crippen molar-refractivity contribution in [1.82, 2.24) is 0 Å². The van der Waals surface area contributed by atoms with E-state index in [0.29, 0.717) is 23.3 Å². The molecule has 21 heavy (non-hydrogen) atoms. The molecule has 2 fully saturated rings. The van der Waals surface area contributed by atoms with Crippen LogP contribution in [0.3, 0.4) is 0 Å². The molecule has 0 spiro atoms. The number of rotatable bonds is 4. The molecular weight excluding hydrogens is 266 g/mol. The Morgan fingerprint density at radius 2 is 1.67 bits per heavy atom. The Hall–Kier alpha value is -1.84. The van der Waals surface area contributed by atoms with Crippen molar-refractivity contribution in [3.8, 4) is 0 Å². The van der Waals surface area contributed by atoms with Gasteiger partial charge in [0.2, 0.25) is 5.91 Å². The molecule has 1 aromatic carbocycles. The van der Waals surface area contributed by atoms with E-state index in [1.54, 1.807) is 12.1 Å². The van der Waals surface area contributed by atoms with Crippen LogP contribution in [0.15, 0.2) is 24.3 Å². The molecule has 3 N–H and O–H groups in total. The molecule has 1 amide bonds. The Morgan fingerprint density at radius 3 is 2.14 bits per heavy atom. The fourth-order valence-electron chi connectivity index (χ4n) is 3.82. The van der Waals surface area contributed by atoms with Crippen LogP contribution in [-0.2, 0) is 4.79 Å². The first-order valence-corrected chi connectivity index (χ1v) is 7.69. The minimum absolute atomic E-state index is 0.0820. The van der Waals surface area contributed by atoms with Gasteiger partial charge in [0.1, 0.15) is 0 Å². The highest BCUT2D eigenvalue weighted by Crippen LogP contribution is 2.51. The summed E-state index contributed by atoms with van der Waals surface area (Å²) in [6.07, 6.45) is 5.35. The zero-order valence-electron chi connectivity index (χ0n) is 12.0. The third-order valence-corrected chi connectivity index (χ3v) is 5.20. The summed E-state index contributed by atoms with van der Waals surface area (Å²) in [5.74, 6) is 0.447. The van der Waals surface area contributed by atoms with Gasteiger partial charge in [-0.2, -0.15) is 0 Å². The summed E-state index contributed by atoms with van der Waals surface area (Å²) in [6, 6.07) is 7.60. The molecule has 0 aliphatic heterocycles. The maximum absolute atomic E-state index is 11.1. The molecule has 4 nitrogen and oxygen atoms in total. The van der Waals surface area contributed by atoms with E-state index in [4.69, 9.17) is 10.8 Å². The molecule has 2 aliphatic carbocycles. The van der Waals surface area contributed by atoms with Crippen LogP contribution >= 0.6 is 0 Å². The molecule has 1 aromatic rings. The van der Waals surface area contributed by atoms with Crippen molar-refractivity contribution in [2.24, 2.45) is 23.5 Å². The first kappa shape index (κ1) is 14.1. The first-order chi connectivity index (χ1) is 10.1.